The van der Waals surface area contributed by atoms with Gasteiger partial charge in [0.25, 0.3) is 0 Å². The molecule has 2 fully saturated rings. The third kappa shape index (κ3) is 2.21. The molecule has 0 radical (unpaired) electrons. The topological polar surface area (TPSA) is 58.6 Å². The first-order chi connectivity index (χ1) is 6.77. The van der Waals surface area contributed by atoms with Gasteiger partial charge in [0.1, 0.15) is 6.04 Å². The van der Waals surface area contributed by atoms with Crippen molar-refractivity contribution in [1.29, 1.82) is 0 Å². The van der Waals surface area contributed by atoms with Gasteiger partial charge in [0.2, 0.25) is 0 Å². The van der Waals surface area contributed by atoms with E-state index < -0.39 is 5.97 Å². The molecular formula is C9H15NO3S. The summed E-state index contributed by atoms with van der Waals surface area (Å²) in [4.78, 5) is 10.7. The van der Waals surface area contributed by atoms with Gasteiger partial charge in [-0.1, -0.05) is 0 Å². The summed E-state index contributed by atoms with van der Waals surface area (Å²) in [7, 11) is 0. The molecule has 2 N–H and O–H groups in total. The third-order valence-electron chi connectivity index (χ3n) is 2.73. The lowest BCUT2D eigenvalue weighted by molar-refractivity contribution is -0.138. The summed E-state index contributed by atoms with van der Waals surface area (Å²) < 4.78 is 5.39. The molecule has 4 nitrogen and oxygen atoms in total. The van der Waals surface area contributed by atoms with Crippen LogP contribution in [0.4, 0.5) is 0 Å². The van der Waals surface area contributed by atoms with Crippen LogP contribution in [0.2, 0.25) is 0 Å². The molecule has 2 saturated heterocycles. The highest BCUT2D eigenvalue weighted by Crippen LogP contribution is 2.29. The van der Waals surface area contributed by atoms with Crippen LogP contribution in [0.1, 0.15) is 12.8 Å². The van der Waals surface area contributed by atoms with Gasteiger partial charge in [-0.2, -0.15) is 0 Å². The Morgan fingerprint density at radius 3 is 3.00 bits per heavy atom. The number of rotatable bonds is 2. The highest BCUT2D eigenvalue weighted by molar-refractivity contribution is 8.00. The van der Waals surface area contributed by atoms with E-state index >= 15 is 0 Å². The van der Waals surface area contributed by atoms with Crippen molar-refractivity contribution >= 4 is 17.7 Å². The molecule has 0 aromatic carbocycles. The summed E-state index contributed by atoms with van der Waals surface area (Å²) >= 11 is 1.71. The normalized spacial score (nSPS) is 38.4. The molecule has 2 heterocycles. The largest absolute Gasteiger partial charge is 0.480 e. The summed E-state index contributed by atoms with van der Waals surface area (Å²) in [6.45, 7) is 1.63. The van der Waals surface area contributed by atoms with Crippen molar-refractivity contribution in [3.05, 3.63) is 0 Å². The fourth-order valence-electron chi connectivity index (χ4n) is 1.91. The fraction of sp³-hybridized carbons (Fsp3) is 0.889. The van der Waals surface area contributed by atoms with Crippen molar-refractivity contribution in [2.75, 3.05) is 19.0 Å². The second-order valence-electron chi connectivity index (χ2n) is 3.79. The van der Waals surface area contributed by atoms with Gasteiger partial charge in [-0.05, 0) is 12.8 Å². The van der Waals surface area contributed by atoms with Gasteiger partial charge < -0.3 is 9.84 Å². The van der Waals surface area contributed by atoms with Crippen LogP contribution in [0, 0.1) is 5.92 Å². The Hall–Kier alpha value is -0.260. The molecule has 0 saturated carbocycles. The van der Waals surface area contributed by atoms with Gasteiger partial charge in [0.05, 0.1) is 12.0 Å². The first-order valence-electron chi connectivity index (χ1n) is 4.95. The zero-order valence-electron chi connectivity index (χ0n) is 7.94. The summed E-state index contributed by atoms with van der Waals surface area (Å²) in [5.41, 5.74) is 0. The number of ether oxygens (including phenoxy) is 1. The van der Waals surface area contributed by atoms with Gasteiger partial charge in [-0.25, -0.2) is 0 Å². The second kappa shape index (κ2) is 4.51. The summed E-state index contributed by atoms with van der Waals surface area (Å²) in [6, 6.07) is -0.369. The summed E-state index contributed by atoms with van der Waals surface area (Å²) in [5.74, 6) is 0.422. The molecule has 14 heavy (non-hydrogen) atoms. The number of hydrogen-bond acceptors (Lipinski definition) is 4. The third-order valence-corrected chi connectivity index (χ3v) is 4.14. The van der Waals surface area contributed by atoms with Crippen molar-refractivity contribution in [3.8, 4) is 0 Å². The van der Waals surface area contributed by atoms with Crippen LogP contribution in [-0.4, -0.2) is 41.5 Å². The highest BCUT2D eigenvalue weighted by Gasteiger charge is 2.34. The SMILES string of the molecule is O=C(O)C1CSC(C2CCCOC2)N1. The molecule has 0 aromatic heterocycles. The molecule has 3 atom stereocenters. The van der Waals surface area contributed by atoms with Crippen LogP contribution >= 0.6 is 11.8 Å². The standard InChI is InChI=1S/C9H15NO3S/c11-9(12)7-5-14-8(10-7)6-2-1-3-13-4-6/h6-8,10H,1-5H2,(H,11,12). The zero-order valence-corrected chi connectivity index (χ0v) is 8.76. The molecule has 0 amide bonds. The molecule has 0 spiro atoms. The second-order valence-corrected chi connectivity index (χ2v) is 4.96. The molecule has 80 valence electrons. The minimum atomic E-state index is -0.739. The maximum absolute atomic E-state index is 10.7. The Morgan fingerprint density at radius 2 is 2.43 bits per heavy atom. The van der Waals surface area contributed by atoms with E-state index in [-0.39, 0.29) is 11.4 Å². The van der Waals surface area contributed by atoms with Crippen molar-refractivity contribution < 1.29 is 14.6 Å². The van der Waals surface area contributed by atoms with Crippen LogP contribution in [0.3, 0.4) is 0 Å². The summed E-state index contributed by atoms with van der Waals surface area (Å²) in [5, 5.41) is 12.2. The number of carboxylic acid groups (broad SMARTS) is 1. The Labute approximate surface area is 87.4 Å². The average Bonchev–Trinajstić information content (AvgIpc) is 2.68. The van der Waals surface area contributed by atoms with Crippen molar-refractivity contribution in [1.82, 2.24) is 5.32 Å². The molecule has 2 aliphatic rings. The van der Waals surface area contributed by atoms with Crippen LogP contribution in [0.25, 0.3) is 0 Å². The van der Waals surface area contributed by atoms with E-state index in [0.29, 0.717) is 11.7 Å². The van der Waals surface area contributed by atoms with Crippen molar-refractivity contribution in [3.63, 3.8) is 0 Å². The smallest absolute Gasteiger partial charge is 0.321 e. The molecule has 0 aliphatic carbocycles. The first-order valence-corrected chi connectivity index (χ1v) is 6.00. The van der Waals surface area contributed by atoms with E-state index in [2.05, 4.69) is 5.32 Å². The Bertz CT molecular complexity index is 218. The summed E-state index contributed by atoms with van der Waals surface area (Å²) in [6.07, 6.45) is 2.25. The number of carbonyl (C=O) groups is 1. The van der Waals surface area contributed by atoms with Crippen LogP contribution in [0.5, 0.6) is 0 Å². The minimum absolute atomic E-state index is 0.274. The lowest BCUT2D eigenvalue weighted by Crippen LogP contribution is -2.41. The molecule has 2 aliphatic heterocycles. The molecule has 0 bridgehead atoms. The molecule has 5 heteroatoms. The fourth-order valence-corrected chi connectivity index (χ4v) is 3.30. The molecule has 0 aromatic rings. The maximum atomic E-state index is 10.7. The lowest BCUT2D eigenvalue weighted by Gasteiger charge is -2.27. The van der Waals surface area contributed by atoms with E-state index in [1.165, 1.54) is 0 Å². The number of hydrogen-bond donors (Lipinski definition) is 2. The van der Waals surface area contributed by atoms with Gasteiger partial charge in [-0.15, -0.1) is 11.8 Å². The number of thioether (sulfide) groups is 1. The van der Waals surface area contributed by atoms with Gasteiger partial charge >= 0.3 is 5.97 Å². The quantitative estimate of drug-likeness (QED) is 0.706. The first kappa shape index (κ1) is 10.3. The monoisotopic (exact) mass is 217 g/mol. The maximum Gasteiger partial charge on any atom is 0.321 e. The predicted octanol–water partition coefficient (Wildman–Crippen LogP) is 0.529. The minimum Gasteiger partial charge on any atom is -0.480 e. The van der Waals surface area contributed by atoms with Crippen molar-refractivity contribution in [2.24, 2.45) is 5.92 Å². The number of carboxylic acids is 1. The van der Waals surface area contributed by atoms with Crippen molar-refractivity contribution in [2.45, 2.75) is 24.3 Å². The van der Waals surface area contributed by atoms with Gasteiger partial charge in [0.15, 0.2) is 0 Å². The van der Waals surface area contributed by atoms with Gasteiger partial charge in [-0.3, -0.25) is 10.1 Å². The van der Waals surface area contributed by atoms with Crippen LogP contribution in [-0.2, 0) is 9.53 Å². The average molecular weight is 217 g/mol. The highest BCUT2D eigenvalue weighted by atomic mass is 32.2. The molecule has 3 unspecified atom stereocenters. The number of nitrogens with one attached hydrogen (secondary N) is 1. The van der Waals surface area contributed by atoms with E-state index in [4.69, 9.17) is 9.84 Å². The molecular weight excluding hydrogens is 202 g/mol. The van der Waals surface area contributed by atoms with E-state index in [0.717, 1.165) is 26.1 Å². The van der Waals surface area contributed by atoms with E-state index in [9.17, 15) is 4.79 Å². The van der Waals surface area contributed by atoms with Gasteiger partial charge in [0, 0.05) is 18.3 Å². The number of aliphatic carboxylic acids is 1. The predicted molar refractivity (Wildman–Crippen MR) is 54.3 cm³/mol. The Balaban J connectivity index is 1.85. The lowest BCUT2D eigenvalue weighted by atomic mass is 10.0. The molecule has 2 rings (SSSR count). The van der Waals surface area contributed by atoms with Crippen LogP contribution < -0.4 is 5.32 Å². The van der Waals surface area contributed by atoms with Crippen LogP contribution in [0.15, 0.2) is 0 Å². The zero-order chi connectivity index (χ0) is 9.97. The van der Waals surface area contributed by atoms with E-state index in [1.807, 2.05) is 0 Å². The Morgan fingerprint density at radius 1 is 1.57 bits per heavy atom. The Kier molecular flexibility index (Phi) is 3.30. The van der Waals surface area contributed by atoms with E-state index in [1.54, 1.807) is 11.8 Å².